The average Bonchev–Trinajstić information content (AvgIpc) is 2.18. The third-order valence-corrected chi connectivity index (χ3v) is 4.40. The van der Waals surface area contributed by atoms with Gasteiger partial charge in [0.05, 0.1) is 12.7 Å². The minimum atomic E-state index is -0.540. The number of thioether (sulfide) groups is 1. The molecule has 0 bridgehead atoms. The van der Waals surface area contributed by atoms with Crippen LogP contribution in [0.4, 0.5) is 0 Å². The fraction of sp³-hybridized carbons (Fsp3) is 1.00. The third kappa shape index (κ3) is 2.88. The molecule has 6 heteroatoms. The summed E-state index contributed by atoms with van der Waals surface area (Å²) in [5.74, 6) is 0. The van der Waals surface area contributed by atoms with Gasteiger partial charge in [0, 0.05) is 13.1 Å². The van der Waals surface area contributed by atoms with E-state index in [9.17, 15) is 5.11 Å². The molecule has 0 aromatic carbocycles. The van der Waals surface area contributed by atoms with Crippen molar-refractivity contribution >= 4 is 11.8 Å². The summed E-state index contributed by atoms with van der Waals surface area (Å²) in [4.78, 5) is 2.20. The molecule has 5 nitrogen and oxygen atoms in total. The van der Waals surface area contributed by atoms with E-state index in [4.69, 9.17) is 15.6 Å². The third-order valence-electron chi connectivity index (χ3n) is 3.18. The van der Waals surface area contributed by atoms with Crippen LogP contribution in [0.5, 0.6) is 0 Å². The Balaban J connectivity index is 1.76. The molecule has 0 spiro atoms. The Morgan fingerprint density at radius 1 is 1.44 bits per heavy atom. The van der Waals surface area contributed by atoms with Gasteiger partial charge in [-0.1, -0.05) is 11.8 Å². The summed E-state index contributed by atoms with van der Waals surface area (Å²) in [6, 6.07) is 0. The lowest BCUT2D eigenvalue weighted by molar-refractivity contribution is -0.106. The van der Waals surface area contributed by atoms with Crippen LogP contribution in [-0.2, 0) is 4.74 Å². The fourth-order valence-corrected chi connectivity index (χ4v) is 3.12. The Hall–Kier alpha value is 0.150. The smallest absolute Gasteiger partial charge is 0.108 e. The van der Waals surface area contributed by atoms with Crippen LogP contribution in [0.3, 0.4) is 0 Å². The highest BCUT2D eigenvalue weighted by atomic mass is 32.2. The number of likely N-dealkylation sites (tertiary alicyclic amines) is 1. The molecule has 0 saturated carbocycles. The molecule has 16 heavy (non-hydrogen) atoms. The summed E-state index contributed by atoms with van der Waals surface area (Å²) >= 11 is 1.58. The number of nitrogens with zero attached hydrogens (tertiary/aromatic N) is 1. The highest BCUT2D eigenvalue weighted by Crippen LogP contribution is 2.30. The van der Waals surface area contributed by atoms with Crippen molar-refractivity contribution in [3.8, 4) is 0 Å². The van der Waals surface area contributed by atoms with Crippen LogP contribution in [0.15, 0.2) is 0 Å². The predicted octanol–water partition coefficient (Wildman–Crippen LogP) is -0.474. The first-order chi connectivity index (χ1) is 7.70. The maximum absolute atomic E-state index is 9.55. The zero-order chi connectivity index (χ0) is 11.5. The Labute approximate surface area is 99.9 Å². The number of nitrogens with two attached hydrogens (primary N) is 1. The topological polar surface area (TPSA) is 79.0 Å². The number of hydrogen-bond acceptors (Lipinski definition) is 6. The minimum Gasteiger partial charge on any atom is -0.394 e. The molecule has 0 aromatic rings. The lowest BCUT2D eigenvalue weighted by Crippen LogP contribution is -2.50. The second kappa shape index (κ2) is 5.66. The van der Waals surface area contributed by atoms with E-state index in [0.717, 1.165) is 19.5 Å². The highest BCUT2D eigenvalue weighted by Gasteiger charge is 2.32. The van der Waals surface area contributed by atoms with E-state index in [0.29, 0.717) is 6.42 Å². The van der Waals surface area contributed by atoms with Gasteiger partial charge in [-0.05, 0) is 19.3 Å². The molecule has 2 saturated heterocycles. The average molecular weight is 248 g/mol. The van der Waals surface area contributed by atoms with Gasteiger partial charge in [0.1, 0.15) is 17.0 Å². The number of aliphatic hydroxyl groups is 2. The molecule has 2 rings (SSSR count). The molecule has 2 unspecified atom stereocenters. The van der Waals surface area contributed by atoms with Gasteiger partial charge < -0.3 is 20.7 Å². The zero-order valence-corrected chi connectivity index (χ0v) is 10.1. The fourth-order valence-electron chi connectivity index (χ4n) is 1.95. The van der Waals surface area contributed by atoms with Crippen LogP contribution in [-0.4, -0.2) is 58.0 Å². The van der Waals surface area contributed by atoms with Crippen LogP contribution in [0.2, 0.25) is 0 Å². The molecule has 0 aliphatic carbocycles. The van der Waals surface area contributed by atoms with Crippen molar-refractivity contribution in [2.75, 3.05) is 19.7 Å². The molecule has 2 heterocycles. The van der Waals surface area contributed by atoms with E-state index in [-0.39, 0.29) is 17.5 Å². The first-order valence-corrected chi connectivity index (χ1v) is 6.74. The Morgan fingerprint density at radius 3 is 2.75 bits per heavy atom. The van der Waals surface area contributed by atoms with Gasteiger partial charge >= 0.3 is 0 Å². The molecular weight excluding hydrogens is 228 g/mol. The monoisotopic (exact) mass is 248 g/mol. The zero-order valence-electron chi connectivity index (χ0n) is 9.29. The minimum absolute atomic E-state index is 0.00356. The van der Waals surface area contributed by atoms with Crippen LogP contribution < -0.4 is 5.73 Å². The van der Waals surface area contributed by atoms with Gasteiger partial charge in [0.25, 0.3) is 0 Å². The Morgan fingerprint density at radius 2 is 2.19 bits per heavy atom. The van der Waals surface area contributed by atoms with Gasteiger partial charge in [-0.25, -0.2) is 0 Å². The van der Waals surface area contributed by atoms with Crippen molar-refractivity contribution in [2.24, 2.45) is 5.73 Å². The molecule has 94 valence electrons. The summed E-state index contributed by atoms with van der Waals surface area (Å²) in [6.07, 6.45) is 1.70. The predicted molar refractivity (Wildman–Crippen MR) is 62.7 cm³/mol. The Bertz CT molecular complexity index is 228. The van der Waals surface area contributed by atoms with Gasteiger partial charge in [-0.15, -0.1) is 0 Å². The molecule has 2 fully saturated rings. The van der Waals surface area contributed by atoms with Crippen molar-refractivity contribution in [3.05, 3.63) is 0 Å². The second-order valence-corrected chi connectivity index (χ2v) is 5.63. The molecule has 0 amide bonds. The largest absolute Gasteiger partial charge is 0.394 e. The van der Waals surface area contributed by atoms with Crippen molar-refractivity contribution < 1.29 is 14.9 Å². The number of hydrogen-bond donors (Lipinski definition) is 3. The summed E-state index contributed by atoms with van der Waals surface area (Å²) < 4.78 is 5.59. The van der Waals surface area contributed by atoms with E-state index >= 15 is 0 Å². The maximum Gasteiger partial charge on any atom is 0.108 e. The lowest BCUT2D eigenvalue weighted by Gasteiger charge is -2.39. The molecule has 4 atom stereocenters. The summed E-state index contributed by atoms with van der Waals surface area (Å²) in [5.41, 5.74) is 5.99. The second-order valence-electron chi connectivity index (χ2n) is 4.35. The Kier molecular flexibility index (Phi) is 4.46. The summed E-state index contributed by atoms with van der Waals surface area (Å²) in [7, 11) is 0. The van der Waals surface area contributed by atoms with Crippen LogP contribution in [0, 0.1) is 0 Å². The number of aliphatic hydroxyl groups excluding tert-OH is 2. The van der Waals surface area contributed by atoms with Crippen molar-refractivity contribution in [2.45, 2.75) is 42.4 Å². The summed E-state index contributed by atoms with van der Waals surface area (Å²) in [6.45, 7) is 2.00. The normalized spacial score (nSPS) is 38.1. The quantitative estimate of drug-likeness (QED) is 0.584. The maximum atomic E-state index is 9.55. The van der Waals surface area contributed by atoms with Gasteiger partial charge in [0.15, 0.2) is 0 Å². The number of rotatable bonds is 4. The van der Waals surface area contributed by atoms with Gasteiger partial charge in [-0.2, -0.15) is 0 Å². The van der Waals surface area contributed by atoms with Crippen molar-refractivity contribution in [1.29, 1.82) is 0 Å². The molecule has 2 aliphatic rings. The first kappa shape index (κ1) is 12.6. The summed E-state index contributed by atoms with van der Waals surface area (Å²) in [5, 5.41) is 18.6. The SMILES string of the molecule is NC(S[C@@H]1CC[C@H](O)C(CO)O1)N1CCC1. The standard InChI is InChI=1S/C10H20N2O3S/c11-10(12-4-1-5-12)16-9-3-2-7(14)8(6-13)15-9/h7-10,13-14H,1-6,11H2/t7-,8?,9+,10?/m0/s1. The van der Waals surface area contributed by atoms with E-state index in [1.807, 2.05) is 0 Å². The van der Waals surface area contributed by atoms with E-state index in [1.54, 1.807) is 11.8 Å². The molecule has 0 aromatic heterocycles. The first-order valence-electron chi connectivity index (χ1n) is 5.80. The van der Waals surface area contributed by atoms with Gasteiger partial charge in [-0.3, -0.25) is 4.90 Å². The molecule has 2 aliphatic heterocycles. The van der Waals surface area contributed by atoms with Gasteiger partial charge in [0.2, 0.25) is 0 Å². The van der Waals surface area contributed by atoms with Crippen LogP contribution >= 0.6 is 11.8 Å². The van der Waals surface area contributed by atoms with E-state index in [2.05, 4.69) is 4.90 Å². The van der Waals surface area contributed by atoms with E-state index < -0.39 is 12.2 Å². The van der Waals surface area contributed by atoms with Crippen LogP contribution in [0.1, 0.15) is 19.3 Å². The molecule has 4 N–H and O–H groups in total. The highest BCUT2D eigenvalue weighted by molar-refractivity contribution is 8.00. The molecular formula is C10H20N2O3S. The molecule has 0 radical (unpaired) electrons. The van der Waals surface area contributed by atoms with Crippen molar-refractivity contribution in [1.82, 2.24) is 4.90 Å². The number of ether oxygens (including phenoxy) is 1. The van der Waals surface area contributed by atoms with Crippen molar-refractivity contribution in [3.63, 3.8) is 0 Å². The van der Waals surface area contributed by atoms with Crippen LogP contribution in [0.25, 0.3) is 0 Å². The van der Waals surface area contributed by atoms with E-state index in [1.165, 1.54) is 6.42 Å². The lowest BCUT2D eigenvalue weighted by atomic mass is 10.1.